The van der Waals surface area contributed by atoms with Crippen molar-refractivity contribution in [2.45, 2.75) is 9.79 Å². The van der Waals surface area contributed by atoms with Crippen LogP contribution in [0.1, 0.15) is 5.56 Å². The van der Waals surface area contributed by atoms with Crippen molar-refractivity contribution in [2.24, 2.45) is 11.6 Å². The second kappa shape index (κ2) is 11.1. The van der Waals surface area contributed by atoms with Crippen molar-refractivity contribution in [1.82, 2.24) is 0 Å². The third-order valence-electron chi connectivity index (χ3n) is 7.99. The van der Waals surface area contributed by atoms with Gasteiger partial charge >= 0.3 is 0 Å². The van der Waals surface area contributed by atoms with E-state index in [0.29, 0.717) is 5.70 Å². The quantitative estimate of drug-likeness (QED) is 0.150. The van der Waals surface area contributed by atoms with Crippen LogP contribution in [0.3, 0.4) is 0 Å². The molecule has 0 aliphatic carbocycles. The Morgan fingerprint density at radius 1 is 0.578 bits per heavy atom. The van der Waals surface area contributed by atoms with Crippen LogP contribution in [-0.4, -0.2) is 0 Å². The lowest BCUT2D eigenvalue weighted by atomic mass is 10.1. The first-order chi connectivity index (χ1) is 22.1. The molecular weight excluding hydrogens is 575 g/mol. The minimum atomic E-state index is 0.558. The Hall–Kier alpha value is -5.63. The van der Waals surface area contributed by atoms with Crippen LogP contribution in [0.15, 0.2) is 162 Å². The van der Waals surface area contributed by atoms with Crippen LogP contribution in [-0.2, 0) is 0 Å². The van der Waals surface area contributed by atoms with Gasteiger partial charge in [-0.3, -0.25) is 5.01 Å². The molecule has 0 saturated heterocycles. The van der Waals surface area contributed by atoms with Gasteiger partial charge in [-0.05, 0) is 84.4 Å². The summed E-state index contributed by atoms with van der Waals surface area (Å²) >= 11 is 1.79. The van der Waals surface area contributed by atoms with Crippen LogP contribution in [0, 0.1) is 0 Å². The molecule has 6 aromatic carbocycles. The maximum atomic E-state index is 6.61. The molecule has 8 rings (SSSR count). The number of fused-ring (bicyclic) bond motifs is 4. The molecule has 2 aliphatic heterocycles. The Labute approximate surface area is 266 Å². The van der Waals surface area contributed by atoms with Crippen molar-refractivity contribution in [1.29, 1.82) is 0 Å². The summed E-state index contributed by atoms with van der Waals surface area (Å²) in [5, 5.41) is 1.58. The van der Waals surface area contributed by atoms with Crippen molar-refractivity contribution in [3.8, 4) is 11.5 Å². The van der Waals surface area contributed by atoms with E-state index < -0.39 is 0 Å². The van der Waals surface area contributed by atoms with E-state index in [9.17, 15) is 0 Å². The predicted molar refractivity (Wildman–Crippen MR) is 185 cm³/mol. The molecule has 7 heteroatoms. The summed E-state index contributed by atoms with van der Waals surface area (Å²) in [6.45, 7) is 0. The van der Waals surface area contributed by atoms with Crippen molar-refractivity contribution in [3.63, 3.8) is 0 Å². The Balaban J connectivity index is 1.08. The molecule has 0 unspecified atom stereocenters. The zero-order valence-electron chi connectivity index (χ0n) is 24.2. The number of nitrogens with zero attached hydrogens (tertiary/aromatic N) is 3. The molecule has 45 heavy (non-hydrogen) atoms. The van der Waals surface area contributed by atoms with Crippen LogP contribution < -0.4 is 31.1 Å². The van der Waals surface area contributed by atoms with Crippen LogP contribution in [0.2, 0.25) is 0 Å². The summed E-state index contributed by atoms with van der Waals surface area (Å²) in [5.74, 6) is 8.24. The number of para-hydroxylation sites is 6. The Morgan fingerprint density at radius 2 is 1.11 bits per heavy atom. The van der Waals surface area contributed by atoms with E-state index in [1.54, 1.807) is 23.0 Å². The van der Waals surface area contributed by atoms with Crippen molar-refractivity contribution in [2.75, 3.05) is 14.8 Å². The molecule has 0 saturated carbocycles. The first kappa shape index (κ1) is 27.0. The van der Waals surface area contributed by atoms with Crippen LogP contribution >= 0.6 is 11.8 Å². The summed E-state index contributed by atoms with van der Waals surface area (Å²) in [6.07, 6.45) is 1.77. The second-order valence-corrected chi connectivity index (χ2v) is 11.9. The van der Waals surface area contributed by atoms with E-state index in [-0.39, 0.29) is 0 Å². The lowest BCUT2D eigenvalue weighted by Crippen LogP contribution is -2.26. The largest absolute Gasteiger partial charge is 0.453 e. The maximum Gasteiger partial charge on any atom is 0.151 e. The number of ether oxygens (including phenoxy) is 1. The summed E-state index contributed by atoms with van der Waals surface area (Å²) in [4.78, 5) is 6.91. The van der Waals surface area contributed by atoms with E-state index in [1.807, 2.05) is 60.7 Å². The molecule has 0 spiro atoms. The van der Waals surface area contributed by atoms with Crippen molar-refractivity contribution >= 4 is 57.3 Å². The first-order valence-electron chi connectivity index (χ1n) is 14.7. The van der Waals surface area contributed by atoms with Gasteiger partial charge in [0.05, 0.1) is 34.1 Å². The number of hydrogen-bond acceptors (Lipinski definition) is 7. The number of benzene rings is 6. The number of anilines is 7. The van der Waals surface area contributed by atoms with E-state index in [2.05, 4.69) is 94.7 Å². The summed E-state index contributed by atoms with van der Waals surface area (Å²) in [5.41, 5.74) is 15.1. The normalized spacial score (nSPS) is 13.2. The first-order valence-corrected chi connectivity index (χ1v) is 15.5. The molecule has 0 radical (unpaired) electrons. The van der Waals surface area contributed by atoms with Gasteiger partial charge in [-0.25, -0.2) is 5.84 Å². The highest BCUT2D eigenvalue weighted by Crippen LogP contribution is 2.52. The lowest BCUT2D eigenvalue weighted by Gasteiger charge is -2.33. The molecule has 218 valence electrons. The SMILES string of the molecule is N/C(=C\N(N)c1cccc(N2c3ccccc3Sc3ccccc32)c1)c1ccc(N2c3ccccc3Oc3ccccc32)cc1. The third kappa shape index (κ3) is 4.84. The number of nitrogens with two attached hydrogens (primary N) is 2. The molecular formula is C38H29N5OS. The zero-order valence-corrected chi connectivity index (χ0v) is 25.1. The van der Waals surface area contributed by atoms with Gasteiger partial charge in [0.15, 0.2) is 11.5 Å². The van der Waals surface area contributed by atoms with Crippen molar-refractivity contribution in [3.05, 3.63) is 157 Å². The smallest absolute Gasteiger partial charge is 0.151 e. The second-order valence-electron chi connectivity index (χ2n) is 10.8. The predicted octanol–water partition coefficient (Wildman–Crippen LogP) is 9.83. The molecule has 0 bridgehead atoms. The molecule has 0 atom stereocenters. The summed E-state index contributed by atoms with van der Waals surface area (Å²) in [6, 6.07) is 49.4. The minimum absolute atomic E-state index is 0.558. The molecule has 0 aromatic heterocycles. The molecule has 6 nitrogen and oxygen atoms in total. The van der Waals surface area contributed by atoms with Gasteiger partial charge in [0.25, 0.3) is 0 Å². The van der Waals surface area contributed by atoms with E-state index in [0.717, 1.165) is 56.9 Å². The van der Waals surface area contributed by atoms with Gasteiger partial charge in [0, 0.05) is 27.4 Å². The molecule has 2 aliphatic rings. The minimum Gasteiger partial charge on any atom is -0.453 e. The highest BCUT2D eigenvalue weighted by Gasteiger charge is 2.26. The third-order valence-corrected chi connectivity index (χ3v) is 9.12. The molecule has 0 amide bonds. The average Bonchev–Trinajstić information content (AvgIpc) is 3.09. The maximum absolute atomic E-state index is 6.61. The van der Waals surface area contributed by atoms with E-state index in [4.69, 9.17) is 16.3 Å². The molecule has 2 heterocycles. The van der Waals surface area contributed by atoms with Crippen LogP contribution in [0.4, 0.5) is 39.8 Å². The van der Waals surface area contributed by atoms with E-state index in [1.165, 1.54) is 9.79 Å². The topological polar surface area (TPSA) is 71.0 Å². The molecule has 4 N–H and O–H groups in total. The van der Waals surface area contributed by atoms with Crippen molar-refractivity contribution < 1.29 is 4.74 Å². The van der Waals surface area contributed by atoms with Gasteiger partial charge < -0.3 is 20.3 Å². The highest BCUT2D eigenvalue weighted by atomic mass is 32.2. The zero-order chi connectivity index (χ0) is 30.3. The van der Waals surface area contributed by atoms with Gasteiger partial charge in [0.1, 0.15) is 0 Å². The molecule has 6 aromatic rings. The fourth-order valence-corrected chi connectivity index (χ4v) is 6.92. The average molecular weight is 604 g/mol. The van der Waals surface area contributed by atoms with Crippen LogP contribution in [0.5, 0.6) is 11.5 Å². The Bertz CT molecular complexity index is 1990. The fourth-order valence-electron chi connectivity index (χ4n) is 5.86. The number of hydrazine groups is 1. The monoisotopic (exact) mass is 603 g/mol. The number of rotatable bonds is 5. The lowest BCUT2D eigenvalue weighted by molar-refractivity contribution is 0.477. The Kier molecular flexibility index (Phi) is 6.67. The van der Waals surface area contributed by atoms with Gasteiger partial charge in [-0.15, -0.1) is 0 Å². The highest BCUT2D eigenvalue weighted by molar-refractivity contribution is 7.99. The van der Waals surface area contributed by atoms with Gasteiger partial charge in [0.2, 0.25) is 0 Å². The van der Waals surface area contributed by atoms with E-state index >= 15 is 0 Å². The standard InChI is InChI=1S/C38H29N5OS/c39-30(26-20-22-27(23-21-26)42-31-12-1-5-16-35(31)44-36-17-6-2-13-32(36)42)25-41(40)28-10-9-11-29(24-28)43-33-14-3-7-18-37(33)45-38-19-8-4-15-34(38)43/h1-25H,39-40H2/b30-25-. The van der Waals surface area contributed by atoms with Gasteiger partial charge in [-0.1, -0.05) is 78.5 Å². The number of hydrogen-bond donors (Lipinski definition) is 2. The summed E-state index contributed by atoms with van der Waals surface area (Å²) in [7, 11) is 0. The molecule has 0 fully saturated rings. The summed E-state index contributed by atoms with van der Waals surface area (Å²) < 4.78 is 6.16. The fraction of sp³-hybridized carbons (Fsp3) is 0. The van der Waals surface area contributed by atoms with Crippen LogP contribution in [0.25, 0.3) is 5.70 Å². The van der Waals surface area contributed by atoms with Gasteiger partial charge in [-0.2, -0.15) is 0 Å². The Morgan fingerprint density at radius 3 is 1.73 bits per heavy atom.